The topological polar surface area (TPSA) is 90.8 Å². The number of anilines is 1. The number of rotatable bonds is 4. The van der Waals surface area contributed by atoms with E-state index in [4.69, 9.17) is 4.74 Å². The third kappa shape index (κ3) is 5.05. The molecule has 2 N–H and O–H groups in total. The molecule has 8 nitrogen and oxygen atoms in total. The van der Waals surface area contributed by atoms with Gasteiger partial charge in [-0.15, -0.1) is 10.2 Å². The summed E-state index contributed by atoms with van der Waals surface area (Å²) in [6.45, 7) is 8.98. The van der Waals surface area contributed by atoms with E-state index in [-0.39, 0.29) is 17.9 Å². The molecule has 188 valence electrons. The molecule has 1 aromatic carbocycles. The number of aromatic nitrogens is 2. The molecular weight excluding hydrogens is 449 g/mol. The minimum Gasteiger partial charge on any atom is -0.507 e. The molecule has 1 atom stereocenters. The largest absolute Gasteiger partial charge is 0.507 e. The summed E-state index contributed by atoms with van der Waals surface area (Å²) in [5.74, 6) is 0.230. The number of fused-ring (bicyclic) bond motifs is 1. The van der Waals surface area contributed by atoms with Crippen LogP contribution in [-0.4, -0.2) is 75.1 Å². The van der Waals surface area contributed by atoms with Crippen molar-refractivity contribution >= 4 is 11.9 Å². The van der Waals surface area contributed by atoms with E-state index >= 15 is 0 Å². The number of hydrogen-bond acceptors (Lipinski definition) is 7. The summed E-state index contributed by atoms with van der Waals surface area (Å²) >= 11 is 0. The Hall–Kier alpha value is -2.94. The third-order valence-electron chi connectivity index (χ3n) is 7.08. The van der Waals surface area contributed by atoms with Crippen LogP contribution in [0.25, 0.3) is 11.3 Å². The van der Waals surface area contributed by atoms with Gasteiger partial charge in [-0.25, -0.2) is 9.18 Å². The highest BCUT2D eigenvalue weighted by Gasteiger charge is 2.39. The molecule has 9 heteroatoms. The van der Waals surface area contributed by atoms with Gasteiger partial charge in [0.05, 0.1) is 0 Å². The number of carbonyl (C=O) groups is 1. The summed E-state index contributed by atoms with van der Waals surface area (Å²) in [7, 11) is 0. The number of halogens is 1. The number of piperidine rings is 1. The first-order valence-corrected chi connectivity index (χ1v) is 12.5. The van der Waals surface area contributed by atoms with E-state index in [0.29, 0.717) is 30.4 Å². The molecule has 0 unspecified atom stereocenters. The van der Waals surface area contributed by atoms with Crippen LogP contribution in [0.15, 0.2) is 18.2 Å². The van der Waals surface area contributed by atoms with Crippen molar-refractivity contribution in [1.82, 2.24) is 20.0 Å². The second-order valence-electron chi connectivity index (χ2n) is 10.9. The predicted molar refractivity (Wildman–Crippen MR) is 131 cm³/mol. The molecule has 3 heterocycles. The van der Waals surface area contributed by atoms with Gasteiger partial charge in [-0.3, -0.25) is 4.90 Å². The summed E-state index contributed by atoms with van der Waals surface area (Å²) < 4.78 is 19.0. The molecule has 2 aliphatic heterocycles. The lowest BCUT2D eigenvalue weighted by atomic mass is 9.99. The number of aromatic hydroxyl groups is 1. The molecule has 3 aliphatic rings. The van der Waals surface area contributed by atoms with E-state index < -0.39 is 11.4 Å². The molecule has 1 amide bonds. The lowest BCUT2D eigenvalue weighted by molar-refractivity contribution is -0.0194. The molecule has 1 aromatic heterocycles. The van der Waals surface area contributed by atoms with Gasteiger partial charge < -0.3 is 20.1 Å². The Morgan fingerprint density at radius 2 is 1.91 bits per heavy atom. The summed E-state index contributed by atoms with van der Waals surface area (Å²) in [6.07, 6.45) is 4.68. The number of likely N-dealkylation sites (tertiary alicyclic amines) is 2. The monoisotopic (exact) mass is 483 g/mol. The van der Waals surface area contributed by atoms with Crippen LogP contribution in [0.2, 0.25) is 0 Å². The normalized spacial score (nSPS) is 20.9. The molecule has 0 bridgehead atoms. The Labute approximate surface area is 205 Å². The fourth-order valence-electron chi connectivity index (χ4n) is 5.34. The van der Waals surface area contributed by atoms with Gasteiger partial charge in [0.25, 0.3) is 0 Å². The standard InChI is InChI=1S/C26H34FN5O3/c1-26(2,3)35-25(34)32-14-18(15-32)31-11-5-6-17(13-31)28-24-20-8-4-7-19(20)23(29-30-24)21-10-9-16(27)12-22(21)33/h9-10,12,17-18,33H,4-8,11,13-15H2,1-3H3,(H,28,30)/t17-/m1/s1. The Kier molecular flexibility index (Phi) is 6.29. The molecule has 35 heavy (non-hydrogen) atoms. The van der Waals surface area contributed by atoms with Crippen molar-refractivity contribution in [3.05, 3.63) is 35.1 Å². The number of carbonyl (C=O) groups excluding carboxylic acids is 1. The summed E-state index contributed by atoms with van der Waals surface area (Å²) in [4.78, 5) is 16.5. The quantitative estimate of drug-likeness (QED) is 0.680. The zero-order chi connectivity index (χ0) is 24.7. The van der Waals surface area contributed by atoms with Crippen molar-refractivity contribution in [2.75, 3.05) is 31.5 Å². The maximum Gasteiger partial charge on any atom is 0.410 e. The Bertz CT molecular complexity index is 1110. The number of nitrogens with zero attached hydrogens (tertiary/aromatic N) is 4. The van der Waals surface area contributed by atoms with E-state index in [2.05, 4.69) is 20.4 Å². The molecule has 2 saturated heterocycles. The van der Waals surface area contributed by atoms with Crippen molar-refractivity contribution in [1.29, 1.82) is 0 Å². The minimum atomic E-state index is -0.478. The van der Waals surface area contributed by atoms with Crippen molar-refractivity contribution in [2.45, 2.75) is 70.6 Å². The first kappa shape index (κ1) is 23.8. The first-order chi connectivity index (χ1) is 16.7. The highest BCUT2D eigenvalue weighted by molar-refractivity contribution is 5.73. The Morgan fingerprint density at radius 3 is 2.66 bits per heavy atom. The van der Waals surface area contributed by atoms with Gasteiger partial charge >= 0.3 is 6.09 Å². The van der Waals surface area contributed by atoms with Gasteiger partial charge in [0.1, 0.15) is 22.9 Å². The predicted octanol–water partition coefficient (Wildman–Crippen LogP) is 3.97. The van der Waals surface area contributed by atoms with Crippen LogP contribution >= 0.6 is 0 Å². The van der Waals surface area contributed by atoms with Gasteiger partial charge in [0.2, 0.25) is 0 Å². The van der Waals surface area contributed by atoms with E-state index in [9.17, 15) is 14.3 Å². The average Bonchev–Trinajstić information content (AvgIpc) is 3.23. The van der Waals surface area contributed by atoms with Crippen LogP contribution in [0.1, 0.15) is 51.2 Å². The molecule has 0 saturated carbocycles. The van der Waals surface area contributed by atoms with Gasteiger partial charge in [-0.05, 0) is 77.1 Å². The van der Waals surface area contributed by atoms with Gasteiger partial charge in [0.15, 0.2) is 5.82 Å². The maximum atomic E-state index is 13.5. The summed E-state index contributed by atoms with van der Waals surface area (Å²) in [6, 6.07) is 4.63. The first-order valence-electron chi connectivity index (χ1n) is 12.5. The van der Waals surface area contributed by atoms with Crippen LogP contribution in [0.3, 0.4) is 0 Å². The number of benzene rings is 1. The van der Waals surface area contributed by atoms with Crippen LogP contribution in [0, 0.1) is 5.82 Å². The Morgan fingerprint density at radius 1 is 1.14 bits per heavy atom. The van der Waals surface area contributed by atoms with Crippen molar-refractivity contribution < 1.29 is 19.0 Å². The minimum absolute atomic E-state index is 0.113. The maximum absolute atomic E-state index is 13.5. The van der Waals surface area contributed by atoms with Crippen LogP contribution in [0.4, 0.5) is 15.0 Å². The zero-order valence-electron chi connectivity index (χ0n) is 20.7. The average molecular weight is 484 g/mol. The number of amides is 1. The number of phenols is 1. The number of hydrogen-bond donors (Lipinski definition) is 2. The van der Waals surface area contributed by atoms with Crippen molar-refractivity contribution in [3.63, 3.8) is 0 Å². The molecule has 5 rings (SSSR count). The van der Waals surface area contributed by atoms with Crippen LogP contribution in [-0.2, 0) is 17.6 Å². The molecule has 0 radical (unpaired) electrons. The number of phenolic OH excluding ortho intramolecular Hbond substituents is 1. The number of nitrogens with one attached hydrogen (secondary N) is 1. The fourth-order valence-corrected chi connectivity index (χ4v) is 5.34. The van der Waals surface area contributed by atoms with E-state index in [0.717, 1.165) is 68.2 Å². The van der Waals surface area contributed by atoms with Crippen molar-refractivity contribution in [3.8, 4) is 17.0 Å². The summed E-state index contributed by atoms with van der Waals surface area (Å²) in [5.41, 5.74) is 2.92. The smallest absolute Gasteiger partial charge is 0.410 e. The van der Waals surface area contributed by atoms with Gasteiger partial charge in [-0.1, -0.05) is 0 Å². The highest BCUT2D eigenvalue weighted by atomic mass is 19.1. The molecule has 0 spiro atoms. The van der Waals surface area contributed by atoms with Crippen LogP contribution < -0.4 is 5.32 Å². The van der Waals surface area contributed by atoms with Crippen LogP contribution in [0.5, 0.6) is 5.75 Å². The lowest BCUT2D eigenvalue weighted by Gasteiger charge is -2.48. The molecular formula is C26H34FN5O3. The lowest BCUT2D eigenvalue weighted by Crippen LogP contribution is -2.63. The fraction of sp³-hybridized carbons (Fsp3) is 0.577. The Balaban J connectivity index is 1.24. The SMILES string of the molecule is CC(C)(C)OC(=O)N1CC(N2CCC[C@@H](Nc3nnc(-c4ccc(F)cc4O)c4c3CCC4)C2)C1. The zero-order valence-corrected chi connectivity index (χ0v) is 20.7. The molecule has 1 aliphatic carbocycles. The third-order valence-corrected chi connectivity index (χ3v) is 7.08. The molecule has 2 fully saturated rings. The number of ether oxygens (including phenoxy) is 1. The van der Waals surface area contributed by atoms with E-state index in [1.165, 1.54) is 6.07 Å². The van der Waals surface area contributed by atoms with Gasteiger partial charge in [0, 0.05) is 48.9 Å². The molecule has 2 aromatic rings. The highest BCUT2D eigenvalue weighted by Crippen LogP contribution is 2.38. The van der Waals surface area contributed by atoms with E-state index in [1.54, 1.807) is 11.0 Å². The van der Waals surface area contributed by atoms with Crippen molar-refractivity contribution in [2.24, 2.45) is 0 Å². The summed E-state index contributed by atoms with van der Waals surface area (Å²) in [5, 5.41) is 22.9. The van der Waals surface area contributed by atoms with Gasteiger partial charge in [-0.2, -0.15) is 0 Å². The van der Waals surface area contributed by atoms with E-state index in [1.807, 2.05) is 20.8 Å². The second kappa shape index (κ2) is 9.26. The second-order valence-corrected chi connectivity index (χ2v) is 10.9.